The third-order valence-electron chi connectivity index (χ3n) is 4.63. The van der Waals surface area contributed by atoms with E-state index < -0.39 is 10.0 Å². The molecule has 1 aromatic heterocycles. The molecule has 1 atom stereocenters. The van der Waals surface area contributed by atoms with Gasteiger partial charge in [0.25, 0.3) is 0 Å². The summed E-state index contributed by atoms with van der Waals surface area (Å²) in [5.74, 6) is -0.299. The maximum Gasteiger partial charge on any atom is 0.245 e. The van der Waals surface area contributed by atoms with Crippen LogP contribution in [0.2, 0.25) is 0 Å². The monoisotopic (exact) mass is 376 g/mol. The quantitative estimate of drug-likeness (QED) is 0.869. The first-order chi connectivity index (χ1) is 12.3. The van der Waals surface area contributed by atoms with Gasteiger partial charge in [0, 0.05) is 26.2 Å². The van der Waals surface area contributed by atoms with E-state index >= 15 is 0 Å². The van der Waals surface area contributed by atoms with E-state index in [4.69, 9.17) is 0 Å². The van der Waals surface area contributed by atoms with Crippen LogP contribution < -0.4 is 5.32 Å². The number of aryl methyl sites for hydroxylation is 2. The van der Waals surface area contributed by atoms with Gasteiger partial charge in [-0.1, -0.05) is 6.07 Å². The van der Waals surface area contributed by atoms with Crippen molar-refractivity contribution in [2.24, 2.45) is 0 Å². The average Bonchev–Trinajstić information content (AvgIpc) is 3.24. The molecule has 8 heteroatoms. The van der Waals surface area contributed by atoms with E-state index in [-0.39, 0.29) is 16.8 Å². The Kier molecular flexibility index (Phi) is 5.15. The number of anilines is 1. The molecule has 1 aliphatic rings. The molecule has 140 valence electrons. The van der Waals surface area contributed by atoms with Crippen molar-refractivity contribution < 1.29 is 13.2 Å². The summed E-state index contributed by atoms with van der Waals surface area (Å²) in [6.45, 7) is 6.34. The second kappa shape index (κ2) is 7.20. The van der Waals surface area contributed by atoms with Crippen molar-refractivity contribution in [3.63, 3.8) is 0 Å². The molecular formula is C18H24N4O3S. The zero-order chi connectivity index (χ0) is 18.9. The lowest BCUT2D eigenvalue weighted by Crippen LogP contribution is -2.32. The van der Waals surface area contributed by atoms with Crippen LogP contribution in [0.1, 0.15) is 44.0 Å². The van der Waals surface area contributed by atoms with Gasteiger partial charge in [0.05, 0.1) is 17.4 Å². The number of nitrogens with one attached hydrogen (secondary N) is 1. The molecule has 0 spiro atoms. The largest absolute Gasteiger partial charge is 0.325 e. The molecule has 1 N–H and O–H groups in total. The molecule has 1 aromatic carbocycles. The first-order valence-electron chi connectivity index (χ1n) is 8.76. The van der Waals surface area contributed by atoms with E-state index in [1.165, 1.54) is 11.2 Å². The highest BCUT2D eigenvalue weighted by Crippen LogP contribution is 2.38. The predicted molar refractivity (Wildman–Crippen MR) is 99.3 cm³/mol. The number of sulfonamides is 1. The summed E-state index contributed by atoms with van der Waals surface area (Å²) in [7, 11) is -3.76. The second-order valence-electron chi connectivity index (χ2n) is 6.53. The van der Waals surface area contributed by atoms with Gasteiger partial charge in [0.15, 0.2) is 0 Å². The summed E-state index contributed by atoms with van der Waals surface area (Å²) in [6.07, 6.45) is 3.25. The van der Waals surface area contributed by atoms with Crippen LogP contribution in [0.5, 0.6) is 0 Å². The Hall–Kier alpha value is -2.19. The fraction of sp³-hybridized carbons (Fsp3) is 0.444. The zero-order valence-electron chi connectivity index (χ0n) is 15.3. The van der Waals surface area contributed by atoms with E-state index in [0.717, 1.165) is 24.1 Å². The minimum atomic E-state index is -3.76. The molecule has 7 nitrogen and oxygen atoms in total. The van der Waals surface area contributed by atoms with Crippen LogP contribution >= 0.6 is 0 Å². The summed E-state index contributed by atoms with van der Waals surface area (Å²) in [4.78, 5) is 11.6. The number of benzene rings is 1. The number of amides is 1. The third-order valence-corrected chi connectivity index (χ3v) is 6.58. The Morgan fingerprint density at radius 2 is 2.12 bits per heavy atom. The van der Waals surface area contributed by atoms with Crippen molar-refractivity contribution in [1.29, 1.82) is 0 Å². The molecule has 0 saturated carbocycles. The van der Waals surface area contributed by atoms with Gasteiger partial charge in [-0.25, -0.2) is 8.42 Å². The molecule has 26 heavy (non-hydrogen) atoms. The Labute approximate surface area is 154 Å². The van der Waals surface area contributed by atoms with Crippen LogP contribution in [0.3, 0.4) is 0 Å². The normalized spacial score (nSPS) is 18.2. The van der Waals surface area contributed by atoms with Crippen molar-refractivity contribution in [3.8, 4) is 0 Å². The summed E-state index contributed by atoms with van der Waals surface area (Å²) in [6, 6.07) is 6.69. The molecule has 1 saturated heterocycles. The molecule has 0 aliphatic carbocycles. The highest BCUT2D eigenvalue weighted by molar-refractivity contribution is 7.89. The van der Waals surface area contributed by atoms with Crippen molar-refractivity contribution >= 4 is 21.6 Å². The van der Waals surface area contributed by atoms with Gasteiger partial charge >= 0.3 is 0 Å². The lowest BCUT2D eigenvalue weighted by atomic mass is 10.1. The van der Waals surface area contributed by atoms with Gasteiger partial charge in [-0.2, -0.15) is 9.40 Å². The van der Waals surface area contributed by atoms with Gasteiger partial charge < -0.3 is 5.32 Å². The van der Waals surface area contributed by atoms with E-state index in [2.05, 4.69) is 10.4 Å². The first-order valence-corrected chi connectivity index (χ1v) is 10.2. The molecule has 1 aliphatic heterocycles. The van der Waals surface area contributed by atoms with Gasteiger partial charge in [0.2, 0.25) is 15.9 Å². The fourth-order valence-corrected chi connectivity index (χ4v) is 5.38. The number of rotatable bonds is 5. The van der Waals surface area contributed by atoms with Crippen molar-refractivity contribution in [3.05, 3.63) is 41.7 Å². The average molecular weight is 376 g/mol. The van der Waals surface area contributed by atoms with Crippen LogP contribution in [-0.4, -0.2) is 35.0 Å². The van der Waals surface area contributed by atoms with E-state index in [1.807, 2.05) is 24.6 Å². The molecule has 2 heterocycles. The summed E-state index contributed by atoms with van der Waals surface area (Å²) < 4.78 is 30.3. The Bertz CT molecular complexity index is 920. The molecule has 2 aromatic rings. The number of nitrogens with zero attached hydrogens (tertiary/aromatic N) is 3. The zero-order valence-corrected chi connectivity index (χ0v) is 16.1. The lowest BCUT2D eigenvalue weighted by molar-refractivity contribution is -0.114. The fourth-order valence-electron chi connectivity index (χ4n) is 3.48. The number of hydrogen-bond acceptors (Lipinski definition) is 4. The molecular weight excluding hydrogens is 352 g/mol. The molecule has 1 fully saturated rings. The standard InChI is InChI=1S/C18H24N4O3S/c1-4-21-16(9-10-19-21)17-6-5-11-22(17)26(24,25)18-12-13(2)7-8-15(18)20-14(3)23/h7-10,12,17H,4-6,11H2,1-3H3,(H,20,23)/t17-/m1/s1. The molecule has 1 amide bonds. The Morgan fingerprint density at radius 3 is 2.81 bits per heavy atom. The Morgan fingerprint density at radius 1 is 1.35 bits per heavy atom. The van der Waals surface area contributed by atoms with Crippen LogP contribution in [-0.2, 0) is 21.4 Å². The summed E-state index contributed by atoms with van der Waals surface area (Å²) in [5, 5.41) is 6.92. The predicted octanol–water partition coefficient (Wildman–Crippen LogP) is 2.70. The van der Waals surface area contributed by atoms with E-state index in [0.29, 0.717) is 18.8 Å². The second-order valence-corrected chi connectivity index (χ2v) is 8.39. The molecule has 0 radical (unpaired) electrons. The van der Waals surface area contributed by atoms with E-state index in [9.17, 15) is 13.2 Å². The first kappa shape index (κ1) is 18.6. The maximum absolute atomic E-state index is 13.4. The highest BCUT2D eigenvalue weighted by Gasteiger charge is 2.38. The van der Waals surface area contributed by atoms with Gasteiger partial charge in [-0.3, -0.25) is 9.48 Å². The minimum Gasteiger partial charge on any atom is -0.325 e. The number of carbonyl (C=O) groups excluding carboxylic acids is 1. The van der Waals surface area contributed by atoms with Crippen molar-refractivity contribution in [2.45, 2.75) is 51.1 Å². The summed E-state index contributed by atoms with van der Waals surface area (Å²) in [5.41, 5.74) is 2.05. The van der Waals surface area contributed by atoms with E-state index in [1.54, 1.807) is 24.4 Å². The van der Waals surface area contributed by atoms with Crippen LogP contribution in [0.4, 0.5) is 5.69 Å². The minimum absolute atomic E-state index is 0.141. The number of hydrogen-bond donors (Lipinski definition) is 1. The van der Waals surface area contributed by atoms with Crippen LogP contribution in [0.25, 0.3) is 0 Å². The highest BCUT2D eigenvalue weighted by atomic mass is 32.2. The molecule has 0 bridgehead atoms. The number of aromatic nitrogens is 2. The van der Waals surface area contributed by atoms with Crippen LogP contribution in [0, 0.1) is 6.92 Å². The maximum atomic E-state index is 13.4. The topological polar surface area (TPSA) is 84.3 Å². The van der Waals surface area contributed by atoms with Gasteiger partial charge in [-0.05, 0) is 50.5 Å². The lowest BCUT2D eigenvalue weighted by Gasteiger charge is -2.26. The SMILES string of the molecule is CCn1nccc1[C@H]1CCCN1S(=O)(=O)c1cc(C)ccc1NC(C)=O. The van der Waals surface area contributed by atoms with Crippen molar-refractivity contribution in [2.75, 3.05) is 11.9 Å². The summed E-state index contributed by atoms with van der Waals surface area (Å²) >= 11 is 0. The smallest absolute Gasteiger partial charge is 0.245 e. The van der Waals surface area contributed by atoms with Gasteiger partial charge in [-0.15, -0.1) is 0 Å². The third kappa shape index (κ3) is 3.39. The van der Waals surface area contributed by atoms with Crippen LogP contribution in [0.15, 0.2) is 35.4 Å². The molecule has 3 rings (SSSR count). The van der Waals surface area contributed by atoms with Crippen molar-refractivity contribution in [1.82, 2.24) is 14.1 Å². The van der Waals surface area contributed by atoms with Gasteiger partial charge in [0.1, 0.15) is 4.90 Å². The molecule has 0 unspecified atom stereocenters. The Balaban J connectivity index is 2.05. The number of carbonyl (C=O) groups is 1.